The number of amides is 1. The van der Waals surface area contributed by atoms with Gasteiger partial charge in [-0.3, -0.25) is 4.57 Å². The van der Waals surface area contributed by atoms with Crippen molar-refractivity contribution in [2.45, 2.75) is 32.2 Å². The van der Waals surface area contributed by atoms with E-state index in [0.29, 0.717) is 6.42 Å². The second-order valence-corrected chi connectivity index (χ2v) is 5.90. The van der Waals surface area contributed by atoms with Crippen molar-refractivity contribution in [1.82, 2.24) is 5.32 Å². The minimum atomic E-state index is -4.35. The number of benzene rings is 1. The second-order valence-electron chi connectivity index (χ2n) is 4.10. The van der Waals surface area contributed by atoms with E-state index in [2.05, 4.69) is 5.32 Å². The van der Waals surface area contributed by atoms with Crippen LogP contribution >= 0.6 is 7.60 Å². The van der Waals surface area contributed by atoms with Gasteiger partial charge < -0.3 is 19.8 Å². The third kappa shape index (κ3) is 5.87. The molecule has 0 fully saturated rings. The average Bonchev–Trinajstić information content (AvgIpc) is 2.36. The summed E-state index contributed by atoms with van der Waals surface area (Å²) in [5.74, 6) is -1.19. The topological polar surface area (TPSA) is 95.9 Å². The molecule has 19 heavy (non-hydrogen) atoms. The second kappa shape index (κ2) is 7.28. The van der Waals surface area contributed by atoms with Crippen LogP contribution in [0.1, 0.15) is 25.3 Å². The maximum absolute atomic E-state index is 11.5. The molecule has 1 amide bonds. The quantitative estimate of drug-likeness (QED) is 0.697. The van der Waals surface area contributed by atoms with Gasteiger partial charge >= 0.3 is 13.7 Å². The average molecular weight is 287 g/mol. The molecule has 0 radical (unpaired) electrons. The molecule has 1 aromatic rings. The molecule has 1 aromatic carbocycles. The van der Waals surface area contributed by atoms with Gasteiger partial charge in [0.2, 0.25) is 0 Å². The van der Waals surface area contributed by atoms with Gasteiger partial charge in [-0.25, -0.2) is 4.79 Å². The predicted octanol–water partition coefficient (Wildman–Crippen LogP) is 2.22. The lowest BCUT2D eigenvalue weighted by Crippen LogP contribution is -2.35. The van der Waals surface area contributed by atoms with Crippen LogP contribution in [-0.2, 0) is 15.9 Å². The first kappa shape index (κ1) is 15.7. The molecular formula is C12H18NO5P. The van der Waals surface area contributed by atoms with Gasteiger partial charge in [-0.2, -0.15) is 0 Å². The molecule has 1 atom stereocenters. The Kier molecular flexibility index (Phi) is 6.02. The molecule has 106 valence electrons. The number of hydrogen-bond acceptors (Lipinski definition) is 3. The van der Waals surface area contributed by atoms with Crippen LogP contribution in [-0.4, -0.2) is 21.7 Å². The van der Waals surface area contributed by atoms with Crippen LogP contribution in [0.4, 0.5) is 4.79 Å². The number of hydrogen-bond donors (Lipinski definition) is 3. The fraction of sp³-hybridized carbons (Fsp3) is 0.417. The Labute approximate surface area is 111 Å². The Balaban J connectivity index is 2.47. The molecule has 7 heteroatoms. The largest absolute Gasteiger partial charge is 0.445 e. The number of rotatable bonds is 6. The Morgan fingerprint density at radius 2 is 2.00 bits per heavy atom. The maximum atomic E-state index is 11.5. The summed E-state index contributed by atoms with van der Waals surface area (Å²) in [6.07, 6.45) is -0.0787. The number of carbonyl (C=O) groups excluding carboxylic acids is 1. The fourth-order valence-corrected chi connectivity index (χ4v) is 2.37. The smallest absolute Gasteiger partial charge is 0.408 e. The molecule has 0 saturated heterocycles. The summed E-state index contributed by atoms with van der Waals surface area (Å²) < 4.78 is 16.1. The van der Waals surface area contributed by atoms with Crippen LogP contribution < -0.4 is 5.32 Å². The summed E-state index contributed by atoms with van der Waals surface area (Å²) in [6.45, 7) is 1.84. The van der Waals surface area contributed by atoms with Crippen LogP contribution in [0.25, 0.3) is 0 Å². The number of nitrogens with one attached hydrogen (secondary N) is 1. The molecule has 1 unspecified atom stereocenters. The highest BCUT2D eigenvalue weighted by Crippen LogP contribution is 2.41. The summed E-state index contributed by atoms with van der Waals surface area (Å²) >= 11 is 0. The minimum Gasteiger partial charge on any atom is -0.445 e. The first-order valence-electron chi connectivity index (χ1n) is 5.96. The molecule has 0 bridgehead atoms. The Morgan fingerprint density at radius 3 is 2.53 bits per heavy atom. The van der Waals surface area contributed by atoms with Crippen molar-refractivity contribution in [1.29, 1.82) is 0 Å². The van der Waals surface area contributed by atoms with Gasteiger partial charge in [0, 0.05) is 0 Å². The Hall–Kier alpha value is -1.36. The van der Waals surface area contributed by atoms with E-state index in [0.717, 1.165) is 5.56 Å². The van der Waals surface area contributed by atoms with Crippen LogP contribution in [0.15, 0.2) is 30.3 Å². The molecule has 0 saturated carbocycles. The molecule has 6 nitrogen and oxygen atoms in total. The Bertz CT molecular complexity index is 445. The zero-order valence-electron chi connectivity index (χ0n) is 10.7. The van der Waals surface area contributed by atoms with E-state index in [1.807, 2.05) is 18.2 Å². The predicted molar refractivity (Wildman–Crippen MR) is 70.5 cm³/mol. The first-order chi connectivity index (χ1) is 8.93. The van der Waals surface area contributed by atoms with Crippen LogP contribution in [0.3, 0.4) is 0 Å². The molecule has 0 aliphatic carbocycles. The molecule has 0 aliphatic heterocycles. The molecule has 0 heterocycles. The third-order valence-corrected chi connectivity index (χ3v) is 3.66. The molecule has 3 N–H and O–H groups in total. The lowest BCUT2D eigenvalue weighted by atomic mass is 10.2. The van der Waals surface area contributed by atoms with Crippen molar-refractivity contribution in [3.05, 3.63) is 35.9 Å². The summed E-state index contributed by atoms with van der Waals surface area (Å²) in [5.41, 5.74) is 0.806. The standard InChI is InChI=1S/C12H18NO5P/c1-2-6-11(19(15,16)17)13-12(14)18-9-10-7-4-3-5-8-10/h3-5,7-8,11H,2,6,9H2,1H3,(H,13,14)(H2,15,16,17). The van der Waals surface area contributed by atoms with Crippen molar-refractivity contribution in [3.63, 3.8) is 0 Å². The molecule has 0 aliphatic rings. The highest BCUT2D eigenvalue weighted by Gasteiger charge is 2.29. The van der Waals surface area contributed by atoms with Gasteiger partial charge in [-0.15, -0.1) is 0 Å². The van der Waals surface area contributed by atoms with Crippen molar-refractivity contribution >= 4 is 13.7 Å². The monoisotopic (exact) mass is 287 g/mol. The lowest BCUT2D eigenvalue weighted by Gasteiger charge is -2.18. The van der Waals surface area contributed by atoms with Gasteiger partial charge in [0.25, 0.3) is 0 Å². The summed E-state index contributed by atoms with van der Waals surface area (Å²) in [5, 5.41) is 2.20. The maximum Gasteiger partial charge on any atom is 0.408 e. The van der Waals surface area contributed by atoms with E-state index in [-0.39, 0.29) is 13.0 Å². The fourth-order valence-electron chi connectivity index (χ4n) is 1.50. The Morgan fingerprint density at radius 1 is 1.37 bits per heavy atom. The van der Waals surface area contributed by atoms with Gasteiger partial charge in [-0.1, -0.05) is 43.7 Å². The minimum absolute atomic E-state index is 0.0622. The number of ether oxygens (including phenoxy) is 1. The lowest BCUT2D eigenvalue weighted by molar-refractivity contribution is 0.136. The van der Waals surface area contributed by atoms with E-state index in [1.165, 1.54) is 0 Å². The zero-order chi connectivity index (χ0) is 14.3. The van der Waals surface area contributed by atoms with Crippen molar-refractivity contribution in [2.24, 2.45) is 0 Å². The molecule has 0 aromatic heterocycles. The van der Waals surface area contributed by atoms with E-state index >= 15 is 0 Å². The normalized spacial score (nSPS) is 12.8. The summed E-state index contributed by atoms with van der Waals surface area (Å²) in [7, 11) is -4.35. The van der Waals surface area contributed by atoms with Gasteiger partial charge in [0.15, 0.2) is 0 Å². The van der Waals surface area contributed by atoms with E-state index in [4.69, 9.17) is 14.5 Å². The van der Waals surface area contributed by atoms with Crippen molar-refractivity contribution < 1.29 is 23.9 Å². The van der Waals surface area contributed by atoms with Crippen molar-refractivity contribution in [2.75, 3.05) is 0 Å². The third-order valence-electron chi connectivity index (χ3n) is 2.47. The van der Waals surface area contributed by atoms with E-state index < -0.39 is 19.5 Å². The van der Waals surface area contributed by atoms with Crippen molar-refractivity contribution in [3.8, 4) is 0 Å². The summed E-state index contributed by atoms with van der Waals surface area (Å²) in [6, 6.07) is 9.05. The molecule has 0 spiro atoms. The van der Waals surface area contributed by atoms with Gasteiger partial charge in [0.05, 0.1) is 0 Å². The zero-order valence-corrected chi connectivity index (χ0v) is 11.5. The number of carbonyl (C=O) groups is 1. The number of alkyl carbamates (subject to hydrolysis) is 1. The van der Waals surface area contributed by atoms with E-state index in [1.54, 1.807) is 19.1 Å². The van der Waals surface area contributed by atoms with Gasteiger partial charge in [0.1, 0.15) is 12.4 Å². The molecular weight excluding hydrogens is 269 g/mol. The van der Waals surface area contributed by atoms with E-state index in [9.17, 15) is 9.36 Å². The van der Waals surface area contributed by atoms with Gasteiger partial charge in [-0.05, 0) is 12.0 Å². The highest BCUT2D eigenvalue weighted by atomic mass is 31.2. The first-order valence-corrected chi connectivity index (χ1v) is 7.64. The van der Waals surface area contributed by atoms with Crippen LogP contribution in [0.5, 0.6) is 0 Å². The SMILES string of the molecule is CCCC(NC(=O)OCc1ccccc1)P(=O)(O)O. The summed E-state index contributed by atoms with van der Waals surface area (Å²) in [4.78, 5) is 29.6. The van der Waals surface area contributed by atoms with Crippen LogP contribution in [0.2, 0.25) is 0 Å². The molecule has 1 rings (SSSR count). The van der Waals surface area contributed by atoms with Crippen LogP contribution in [0, 0.1) is 0 Å². The highest BCUT2D eigenvalue weighted by molar-refractivity contribution is 7.52.